The quantitative estimate of drug-likeness (QED) is 0.861. The predicted molar refractivity (Wildman–Crippen MR) is 96.5 cm³/mol. The number of nitrogens with one attached hydrogen (secondary N) is 1. The molecule has 0 fully saturated rings. The highest BCUT2D eigenvalue weighted by Gasteiger charge is 2.36. The molecule has 0 saturated carbocycles. The number of hydrogen-bond acceptors (Lipinski definition) is 4. The molecular formula is C20H22N2O3. The number of amides is 1. The van der Waals surface area contributed by atoms with E-state index in [4.69, 9.17) is 4.74 Å². The third-order valence-corrected chi connectivity index (χ3v) is 4.69. The van der Waals surface area contributed by atoms with Gasteiger partial charge in [-0.3, -0.25) is 4.79 Å². The van der Waals surface area contributed by atoms with Crippen molar-refractivity contribution in [1.29, 1.82) is 0 Å². The van der Waals surface area contributed by atoms with E-state index in [0.717, 1.165) is 17.7 Å². The van der Waals surface area contributed by atoms with Crippen LogP contribution in [0.3, 0.4) is 0 Å². The van der Waals surface area contributed by atoms with Crippen LogP contribution in [0.15, 0.2) is 48.5 Å². The molecule has 5 nitrogen and oxygen atoms in total. The first-order chi connectivity index (χ1) is 12.1. The van der Waals surface area contributed by atoms with Crippen molar-refractivity contribution >= 4 is 17.6 Å². The maximum absolute atomic E-state index is 13.1. The summed E-state index contributed by atoms with van der Waals surface area (Å²) in [6, 6.07) is 14.7. The maximum atomic E-state index is 13.1. The molecule has 2 aromatic carbocycles. The van der Waals surface area contributed by atoms with Gasteiger partial charge in [0.1, 0.15) is 6.17 Å². The molecule has 25 heavy (non-hydrogen) atoms. The molecule has 0 aromatic heterocycles. The Morgan fingerprint density at radius 3 is 2.60 bits per heavy atom. The van der Waals surface area contributed by atoms with Crippen LogP contribution in [0, 0.1) is 0 Å². The monoisotopic (exact) mass is 338 g/mol. The van der Waals surface area contributed by atoms with E-state index in [9.17, 15) is 9.59 Å². The average Bonchev–Trinajstić information content (AvgIpc) is 2.66. The fraction of sp³-hybridized carbons (Fsp3) is 0.300. The summed E-state index contributed by atoms with van der Waals surface area (Å²) in [5.74, 6) is -0.443. The summed E-state index contributed by atoms with van der Waals surface area (Å²) in [5, 5.41) is 3.43. The predicted octanol–water partition coefficient (Wildman–Crippen LogP) is 3.84. The second-order valence-corrected chi connectivity index (χ2v) is 6.14. The van der Waals surface area contributed by atoms with Gasteiger partial charge in [0.2, 0.25) is 0 Å². The summed E-state index contributed by atoms with van der Waals surface area (Å²) in [6.45, 7) is 4.06. The zero-order valence-electron chi connectivity index (χ0n) is 14.7. The maximum Gasteiger partial charge on any atom is 0.338 e. The third kappa shape index (κ3) is 2.97. The number of para-hydroxylation sites is 1. The number of hydrogen-bond donors (Lipinski definition) is 1. The minimum absolute atomic E-state index is 0.0176. The van der Waals surface area contributed by atoms with Gasteiger partial charge >= 0.3 is 5.97 Å². The number of rotatable bonds is 4. The molecule has 5 heteroatoms. The summed E-state index contributed by atoms with van der Waals surface area (Å²) in [7, 11) is 1.36. The molecule has 2 aromatic rings. The van der Waals surface area contributed by atoms with Crippen LogP contribution in [0.5, 0.6) is 0 Å². The van der Waals surface area contributed by atoms with Gasteiger partial charge in [0.05, 0.1) is 18.2 Å². The van der Waals surface area contributed by atoms with E-state index in [2.05, 4.69) is 5.32 Å². The second kappa shape index (κ2) is 6.97. The fourth-order valence-corrected chi connectivity index (χ4v) is 3.18. The lowest BCUT2D eigenvalue weighted by Crippen LogP contribution is -2.47. The zero-order valence-corrected chi connectivity index (χ0v) is 14.7. The van der Waals surface area contributed by atoms with Crippen LogP contribution >= 0.6 is 0 Å². The molecule has 0 saturated heterocycles. The molecule has 1 aliphatic rings. The van der Waals surface area contributed by atoms with Gasteiger partial charge in [0.25, 0.3) is 5.91 Å². The van der Waals surface area contributed by atoms with Crippen LogP contribution in [0.2, 0.25) is 0 Å². The Labute approximate surface area is 147 Å². The van der Waals surface area contributed by atoms with Crippen LogP contribution in [0.4, 0.5) is 5.69 Å². The Balaban J connectivity index is 2.14. The number of ether oxygens (including phenoxy) is 1. The molecule has 130 valence electrons. The van der Waals surface area contributed by atoms with E-state index in [-0.39, 0.29) is 11.9 Å². The highest BCUT2D eigenvalue weighted by molar-refractivity contribution is 6.02. The van der Waals surface area contributed by atoms with Gasteiger partial charge in [-0.15, -0.1) is 0 Å². The van der Waals surface area contributed by atoms with E-state index in [1.54, 1.807) is 12.1 Å². The Bertz CT molecular complexity index is 803. The number of carbonyl (C=O) groups is 2. The van der Waals surface area contributed by atoms with Gasteiger partial charge in [-0.1, -0.05) is 37.3 Å². The normalized spacial score (nSPS) is 17.5. The summed E-state index contributed by atoms with van der Waals surface area (Å²) < 4.78 is 4.92. The standard InChI is InChI=1S/C20H22N2O3/c1-4-13(2)22-18(14-9-5-6-10-15(14)20(24)25-3)21-17-12-8-7-11-16(17)19(22)23/h5-13,18,21H,4H2,1-3H3/t13-,18-/m1/s1. The summed E-state index contributed by atoms with van der Waals surface area (Å²) in [6.07, 6.45) is 0.389. The molecule has 3 rings (SSSR count). The molecule has 1 amide bonds. The van der Waals surface area contributed by atoms with Crippen LogP contribution < -0.4 is 5.32 Å². The first kappa shape index (κ1) is 17.0. The molecule has 0 spiro atoms. The number of esters is 1. The van der Waals surface area contributed by atoms with Gasteiger partial charge in [0.15, 0.2) is 0 Å². The van der Waals surface area contributed by atoms with E-state index in [0.29, 0.717) is 11.1 Å². The van der Waals surface area contributed by atoms with Crippen molar-refractivity contribution in [2.75, 3.05) is 12.4 Å². The number of benzene rings is 2. The number of fused-ring (bicyclic) bond motifs is 1. The van der Waals surface area contributed by atoms with Gasteiger partial charge < -0.3 is 15.0 Å². The number of carbonyl (C=O) groups excluding carboxylic acids is 2. The van der Waals surface area contributed by atoms with Gasteiger partial charge in [-0.2, -0.15) is 0 Å². The van der Waals surface area contributed by atoms with E-state index in [1.807, 2.05) is 55.1 Å². The lowest BCUT2D eigenvalue weighted by atomic mass is 9.97. The number of methoxy groups -OCH3 is 1. The van der Waals surface area contributed by atoms with Crippen molar-refractivity contribution in [1.82, 2.24) is 4.90 Å². The molecule has 0 bridgehead atoms. The van der Waals surface area contributed by atoms with Gasteiger partial charge in [-0.25, -0.2) is 4.79 Å². The van der Waals surface area contributed by atoms with Crippen LogP contribution in [0.1, 0.15) is 52.7 Å². The molecular weight excluding hydrogens is 316 g/mol. The molecule has 1 aliphatic heterocycles. The van der Waals surface area contributed by atoms with Crippen LogP contribution in [0.25, 0.3) is 0 Å². The fourth-order valence-electron chi connectivity index (χ4n) is 3.18. The minimum atomic E-state index is -0.423. The molecule has 0 unspecified atom stereocenters. The lowest BCUT2D eigenvalue weighted by Gasteiger charge is -2.42. The van der Waals surface area contributed by atoms with Crippen LogP contribution in [-0.4, -0.2) is 29.9 Å². The van der Waals surface area contributed by atoms with Crippen molar-refractivity contribution in [2.24, 2.45) is 0 Å². The zero-order chi connectivity index (χ0) is 18.0. The largest absolute Gasteiger partial charge is 0.465 e. The third-order valence-electron chi connectivity index (χ3n) is 4.69. The Hall–Kier alpha value is -2.82. The van der Waals surface area contributed by atoms with Gasteiger partial charge in [0, 0.05) is 17.3 Å². The Kier molecular flexibility index (Phi) is 4.74. The summed E-state index contributed by atoms with van der Waals surface area (Å²) in [5.41, 5.74) is 2.62. The van der Waals surface area contributed by atoms with E-state index in [1.165, 1.54) is 7.11 Å². The van der Waals surface area contributed by atoms with Crippen molar-refractivity contribution in [3.8, 4) is 0 Å². The van der Waals surface area contributed by atoms with Gasteiger partial charge in [-0.05, 0) is 31.5 Å². The number of anilines is 1. The molecule has 1 N–H and O–H groups in total. The molecule has 1 heterocycles. The first-order valence-corrected chi connectivity index (χ1v) is 8.44. The van der Waals surface area contributed by atoms with Crippen molar-refractivity contribution in [3.05, 3.63) is 65.2 Å². The second-order valence-electron chi connectivity index (χ2n) is 6.14. The first-order valence-electron chi connectivity index (χ1n) is 8.44. The highest BCUT2D eigenvalue weighted by atomic mass is 16.5. The summed E-state index contributed by atoms with van der Waals surface area (Å²) in [4.78, 5) is 27.1. The minimum Gasteiger partial charge on any atom is -0.465 e. The highest BCUT2D eigenvalue weighted by Crippen LogP contribution is 2.36. The van der Waals surface area contributed by atoms with Crippen molar-refractivity contribution in [2.45, 2.75) is 32.5 Å². The van der Waals surface area contributed by atoms with Crippen LogP contribution in [-0.2, 0) is 4.74 Å². The molecule has 2 atom stereocenters. The lowest BCUT2D eigenvalue weighted by molar-refractivity contribution is 0.0557. The number of nitrogens with zero attached hydrogens (tertiary/aromatic N) is 1. The molecule has 0 aliphatic carbocycles. The van der Waals surface area contributed by atoms with E-state index >= 15 is 0 Å². The van der Waals surface area contributed by atoms with Crippen molar-refractivity contribution in [3.63, 3.8) is 0 Å². The van der Waals surface area contributed by atoms with Crippen molar-refractivity contribution < 1.29 is 14.3 Å². The Morgan fingerprint density at radius 2 is 1.88 bits per heavy atom. The Morgan fingerprint density at radius 1 is 1.20 bits per heavy atom. The smallest absolute Gasteiger partial charge is 0.338 e. The average molecular weight is 338 g/mol. The SMILES string of the molecule is CC[C@@H](C)N1C(=O)c2ccccc2N[C@H]1c1ccccc1C(=O)OC. The summed E-state index contributed by atoms with van der Waals surface area (Å²) >= 11 is 0. The topological polar surface area (TPSA) is 58.6 Å². The molecule has 0 radical (unpaired) electrons. The van der Waals surface area contributed by atoms with E-state index < -0.39 is 12.1 Å².